The Morgan fingerprint density at radius 2 is 1.81 bits per heavy atom. The summed E-state index contributed by atoms with van der Waals surface area (Å²) in [7, 11) is -1.21. The summed E-state index contributed by atoms with van der Waals surface area (Å²) in [5, 5.41) is 1.33. The summed E-state index contributed by atoms with van der Waals surface area (Å²) in [6.45, 7) is 8.29. The number of hydrogen-bond donors (Lipinski definition) is 0. The van der Waals surface area contributed by atoms with Gasteiger partial charge in [0.05, 0.1) is 22.2 Å². The first-order valence-corrected chi connectivity index (χ1v) is 16.1. The Morgan fingerprint density at radius 1 is 1.03 bits per heavy atom. The van der Waals surface area contributed by atoms with E-state index in [2.05, 4.69) is 34.6 Å². The lowest BCUT2D eigenvalue weighted by Gasteiger charge is -2.15. The van der Waals surface area contributed by atoms with E-state index in [1.807, 2.05) is 4.57 Å². The minimum Gasteiger partial charge on any atom is -0.493 e. The lowest BCUT2D eigenvalue weighted by Crippen LogP contribution is -2.22. The Morgan fingerprint density at radius 3 is 2.53 bits per heavy atom. The predicted molar refractivity (Wildman–Crippen MR) is 145 cm³/mol. The third kappa shape index (κ3) is 6.50. The topological polar surface area (TPSA) is 79.1 Å². The van der Waals surface area contributed by atoms with Gasteiger partial charge in [0, 0.05) is 56.8 Å². The molecule has 10 heteroatoms. The first kappa shape index (κ1) is 26.3. The summed E-state index contributed by atoms with van der Waals surface area (Å²) < 4.78 is 13.5. The fraction of sp³-hybridized carbons (Fsp3) is 0.308. The zero-order chi connectivity index (χ0) is 25.7. The molecule has 0 saturated carbocycles. The van der Waals surface area contributed by atoms with Crippen molar-refractivity contribution in [3.8, 4) is 5.75 Å². The van der Waals surface area contributed by atoms with Crippen LogP contribution in [0.15, 0.2) is 55.4 Å². The molecule has 1 aromatic carbocycles. The summed E-state index contributed by atoms with van der Waals surface area (Å²) in [4.78, 5) is 26.0. The summed E-state index contributed by atoms with van der Waals surface area (Å²) in [5.74, 6) is 0.333. The molecule has 0 amide bonds. The monoisotopic (exact) mass is 542 g/mol. The molecule has 188 valence electrons. The Bertz CT molecular complexity index is 1360. The second-order valence-electron chi connectivity index (χ2n) is 9.67. The molecule has 0 aliphatic rings. The maximum Gasteiger partial charge on any atom is 0.196 e. The Hall–Kier alpha value is -2.78. The fourth-order valence-corrected chi connectivity index (χ4v) is 4.90. The number of halogens is 2. The van der Waals surface area contributed by atoms with Gasteiger partial charge in [-0.15, -0.1) is 0 Å². The van der Waals surface area contributed by atoms with Crippen molar-refractivity contribution in [3.05, 3.63) is 82.1 Å². The number of ketones is 1. The average molecular weight is 544 g/mol. The van der Waals surface area contributed by atoms with Crippen LogP contribution in [0.2, 0.25) is 35.7 Å². The second kappa shape index (κ2) is 11.5. The van der Waals surface area contributed by atoms with E-state index >= 15 is 0 Å². The van der Waals surface area contributed by atoms with Crippen molar-refractivity contribution in [2.24, 2.45) is 0 Å². The molecule has 0 bridgehead atoms. The number of ether oxygens (including phenoxy) is 2. The van der Waals surface area contributed by atoms with Crippen LogP contribution in [0.5, 0.6) is 5.75 Å². The van der Waals surface area contributed by atoms with Crippen molar-refractivity contribution in [2.45, 2.75) is 38.8 Å². The molecule has 7 nitrogen and oxygen atoms in total. The van der Waals surface area contributed by atoms with Gasteiger partial charge in [-0.3, -0.25) is 4.79 Å². The molecule has 0 aliphatic carbocycles. The van der Waals surface area contributed by atoms with E-state index in [0.717, 1.165) is 11.6 Å². The summed E-state index contributed by atoms with van der Waals surface area (Å²) in [5.41, 5.74) is 2.36. The van der Waals surface area contributed by atoms with Gasteiger partial charge in [-0.2, -0.15) is 0 Å². The Balaban J connectivity index is 1.51. The highest BCUT2D eigenvalue weighted by Gasteiger charge is 2.22. The number of pyridine rings is 1. The second-order valence-corrected chi connectivity index (χ2v) is 16.1. The van der Waals surface area contributed by atoms with Crippen molar-refractivity contribution >= 4 is 48.1 Å². The number of aromatic nitrogens is 4. The molecule has 3 aromatic heterocycles. The third-order valence-corrected chi connectivity index (χ3v) is 7.97. The number of fused-ring (bicyclic) bond motifs is 1. The lowest BCUT2D eigenvalue weighted by atomic mass is 10.0. The number of rotatable bonds is 11. The van der Waals surface area contributed by atoms with E-state index < -0.39 is 8.07 Å². The van der Waals surface area contributed by atoms with Crippen molar-refractivity contribution in [2.75, 3.05) is 13.2 Å². The van der Waals surface area contributed by atoms with Gasteiger partial charge in [0.25, 0.3) is 0 Å². The summed E-state index contributed by atoms with van der Waals surface area (Å²) >= 11 is 13.0. The molecule has 4 aromatic rings. The van der Waals surface area contributed by atoms with Crippen LogP contribution < -0.4 is 4.74 Å². The van der Waals surface area contributed by atoms with Gasteiger partial charge >= 0.3 is 0 Å². The number of carbonyl (C=O) groups is 1. The van der Waals surface area contributed by atoms with E-state index in [4.69, 9.17) is 32.7 Å². The molecule has 36 heavy (non-hydrogen) atoms. The van der Waals surface area contributed by atoms with Gasteiger partial charge in [0.1, 0.15) is 24.5 Å². The van der Waals surface area contributed by atoms with Crippen LogP contribution >= 0.6 is 23.2 Å². The average Bonchev–Trinajstić information content (AvgIpc) is 3.22. The highest BCUT2D eigenvalue weighted by Crippen LogP contribution is 2.32. The molecular formula is C26H28Cl2N4O3Si. The highest BCUT2D eigenvalue weighted by molar-refractivity contribution is 6.76. The zero-order valence-corrected chi connectivity index (χ0v) is 23.0. The minimum absolute atomic E-state index is 0.242. The number of hydrogen-bond acceptors (Lipinski definition) is 6. The maximum absolute atomic E-state index is 13.5. The minimum atomic E-state index is -1.21. The largest absolute Gasteiger partial charge is 0.493 e. The smallest absolute Gasteiger partial charge is 0.196 e. The number of carbonyl (C=O) groups excluding carboxylic acids is 1. The van der Waals surface area contributed by atoms with Crippen LogP contribution in [0.4, 0.5) is 0 Å². The van der Waals surface area contributed by atoms with E-state index in [9.17, 15) is 4.79 Å². The van der Waals surface area contributed by atoms with Crippen LogP contribution in [-0.4, -0.2) is 46.6 Å². The van der Waals surface area contributed by atoms with Gasteiger partial charge in [0.15, 0.2) is 5.78 Å². The molecular weight excluding hydrogens is 515 g/mol. The normalized spacial score (nSPS) is 11.7. The summed E-state index contributed by atoms with van der Waals surface area (Å²) in [6, 6.07) is 7.78. The first-order valence-electron chi connectivity index (χ1n) is 11.6. The fourth-order valence-electron chi connectivity index (χ4n) is 3.65. The molecule has 4 rings (SSSR count). The SMILES string of the molecule is C[Si](C)(C)CCOCn1cc(C(=O)c2ccc(OCCc3cncnc3)cc2Cl)c2c(Cl)ccnc21. The van der Waals surface area contributed by atoms with Crippen molar-refractivity contribution < 1.29 is 14.3 Å². The van der Waals surface area contributed by atoms with Crippen molar-refractivity contribution in [3.63, 3.8) is 0 Å². The van der Waals surface area contributed by atoms with Crippen molar-refractivity contribution in [1.29, 1.82) is 0 Å². The molecule has 0 atom stereocenters. The van der Waals surface area contributed by atoms with Gasteiger partial charge in [-0.1, -0.05) is 42.8 Å². The van der Waals surface area contributed by atoms with Crippen LogP contribution in [0.25, 0.3) is 11.0 Å². The molecule has 0 aliphatic heterocycles. The standard InChI is InChI=1S/C26H28Cl2N4O3Si/c1-36(2,3)11-10-34-17-32-15-21(24-22(27)6-8-31-26(24)32)25(33)20-5-4-19(12-23(20)28)35-9-7-18-13-29-16-30-14-18/h4-6,8,12-16H,7,9-11,17H2,1-3H3. The van der Waals surface area contributed by atoms with E-state index in [-0.39, 0.29) is 12.5 Å². The van der Waals surface area contributed by atoms with E-state index in [1.165, 1.54) is 6.33 Å². The molecule has 3 heterocycles. The van der Waals surface area contributed by atoms with Crippen LogP contribution in [0.3, 0.4) is 0 Å². The zero-order valence-electron chi connectivity index (χ0n) is 20.5. The van der Waals surface area contributed by atoms with Gasteiger partial charge < -0.3 is 14.0 Å². The van der Waals surface area contributed by atoms with Gasteiger partial charge in [-0.25, -0.2) is 15.0 Å². The van der Waals surface area contributed by atoms with Crippen molar-refractivity contribution in [1.82, 2.24) is 19.5 Å². The van der Waals surface area contributed by atoms with Crippen LogP contribution in [-0.2, 0) is 17.9 Å². The third-order valence-electron chi connectivity index (χ3n) is 5.64. The maximum atomic E-state index is 13.5. The molecule has 0 spiro atoms. The molecule has 0 N–H and O–H groups in total. The molecule has 0 radical (unpaired) electrons. The first-order chi connectivity index (χ1) is 17.2. The predicted octanol–water partition coefficient (Wildman–Crippen LogP) is 6.30. The molecule has 0 unspecified atom stereocenters. The Kier molecular flexibility index (Phi) is 8.41. The van der Waals surface area contributed by atoms with Gasteiger partial charge in [0.2, 0.25) is 0 Å². The van der Waals surface area contributed by atoms with E-state index in [0.29, 0.717) is 57.6 Å². The highest BCUT2D eigenvalue weighted by atomic mass is 35.5. The Labute approximate surface area is 221 Å². The van der Waals surface area contributed by atoms with E-state index in [1.54, 1.807) is 49.1 Å². The number of nitrogens with zero attached hydrogens (tertiary/aromatic N) is 4. The number of benzene rings is 1. The van der Waals surface area contributed by atoms with Crippen LogP contribution in [0.1, 0.15) is 21.5 Å². The molecule has 0 fully saturated rings. The van der Waals surface area contributed by atoms with Crippen LogP contribution in [0, 0.1) is 0 Å². The van der Waals surface area contributed by atoms with Gasteiger partial charge in [-0.05, 0) is 35.9 Å². The quantitative estimate of drug-likeness (QED) is 0.126. The molecule has 0 saturated heterocycles. The summed E-state index contributed by atoms with van der Waals surface area (Å²) in [6.07, 6.45) is 9.01. The lowest BCUT2D eigenvalue weighted by molar-refractivity contribution is 0.0896.